The number of halogens is 1. The fraction of sp³-hybridized carbons (Fsp3) is 0.385. The lowest BCUT2D eigenvalue weighted by Gasteiger charge is -2.20. The second-order valence-electron chi connectivity index (χ2n) is 4.37. The number of hydrogen-bond donors (Lipinski definition) is 1. The minimum Gasteiger partial charge on any atom is -0.378 e. The van der Waals surface area contributed by atoms with Crippen LogP contribution in [0.2, 0.25) is 0 Å². The largest absolute Gasteiger partial charge is 0.378 e. The zero-order chi connectivity index (χ0) is 13.8. The lowest BCUT2D eigenvalue weighted by atomic mass is 10.3. The van der Waals surface area contributed by atoms with Crippen LogP contribution in [0.25, 0.3) is 0 Å². The molecule has 3 rings (SSSR count). The second kappa shape index (κ2) is 6.34. The van der Waals surface area contributed by atoms with Gasteiger partial charge in [-0.25, -0.2) is 4.39 Å². The SMILES string of the molecule is Fc1ccc(SCc2noc(C3COCCN3)n2)cc1. The van der Waals surface area contributed by atoms with Gasteiger partial charge in [0.15, 0.2) is 5.82 Å². The van der Waals surface area contributed by atoms with Crippen LogP contribution in [0.5, 0.6) is 0 Å². The number of rotatable bonds is 4. The molecule has 1 unspecified atom stereocenters. The highest BCUT2D eigenvalue weighted by Gasteiger charge is 2.21. The first-order valence-corrected chi connectivity index (χ1v) is 7.32. The minimum atomic E-state index is -0.237. The smallest absolute Gasteiger partial charge is 0.246 e. The molecular weight excluding hydrogens is 281 g/mol. The number of morpholine rings is 1. The van der Waals surface area contributed by atoms with E-state index in [2.05, 4.69) is 15.5 Å². The van der Waals surface area contributed by atoms with Crippen molar-refractivity contribution in [2.75, 3.05) is 19.8 Å². The molecule has 1 atom stereocenters. The van der Waals surface area contributed by atoms with Crippen LogP contribution in [0, 0.1) is 5.82 Å². The fourth-order valence-electron chi connectivity index (χ4n) is 1.87. The summed E-state index contributed by atoms with van der Waals surface area (Å²) in [6, 6.07) is 6.32. The molecule has 106 valence electrons. The summed E-state index contributed by atoms with van der Waals surface area (Å²) >= 11 is 1.54. The lowest BCUT2D eigenvalue weighted by molar-refractivity contribution is 0.0659. The van der Waals surface area contributed by atoms with Gasteiger partial charge in [-0.05, 0) is 24.3 Å². The van der Waals surface area contributed by atoms with Gasteiger partial charge in [0.25, 0.3) is 0 Å². The number of thioether (sulfide) groups is 1. The van der Waals surface area contributed by atoms with Crippen molar-refractivity contribution in [3.63, 3.8) is 0 Å². The standard InChI is InChI=1S/C13H14FN3O2S/c14-9-1-3-10(4-2-9)20-8-12-16-13(19-17-12)11-7-18-6-5-15-11/h1-4,11,15H,5-8H2. The molecule has 0 spiro atoms. The maximum absolute atomic E-state index is 12.8. The van der Waals surface area contributed by atoms with Gasteiger partial charge in [0.1, 0.15) is 11.9 Å². The molecule has 1 aromatic heterocycles. The minimum absolute atomic E-state index is 0.0270. The summed E-state index contributed by atoms with van der Waals surface area (Å²) in [6.07, 6.45) is 0. The van der Waals surface area contributed by atoms with E-state index >= 15 is 0 Å². The lowest BCUT2D eigenvalue weighted by Crippen LogP contribution is -2.34. The van der Waals surface area contributed by atoms with Crippen LogP contribution < -0.4 is 5.32 Å². The summed E-state index contributed by atoms with van der Waals surface area (Å²) in [6.45, 7) is 2.04. The van der Waals surface area contributed by atoms with Gasteiger partial charge in [-0.3, -0.25) is 0 Å². The molecule has 0 saturated carbocycles. The van der Waals surface area contributed by atoms with Gasteiger partial charge >= 0.3 is 0 Å². The van der Waals surface area contributed by atoms with Crippen molar-refractivity contribution in [2.24, 2.45) is 0 Å². The van der Waals surface area contributed by atoms with Gasteiger partial charge in [0.05, 0.1) is 19.0 Å². The Kier molecular flexibility index (Phi) is 4.29. The molecule has 1 aliphatic rings. The third-order valence-corrected chi connectivity index (χ3v) is 3.89. The first-order chi connectivity index (χ1) is 9.81. The fourth-order valence-corrected chi connectivity index (χ4v) is 2.61. The van der Waals surface area contributed by atoms with Gasteiger partial charge in [-0.2, -0.15) is 4.98 Å². The predicted molar refractivity (Wildman–Crippen MR) is 71.8 cm³/mol. The highest BCUT2D eigenvalue weighted by atomic mass is 32.2. The van der Waals surface area contributed by atoms with E-state index < -0.39 is 0 Å². The quantitative estimate of drug-likeness (QED) is 0.872. The molecule has 0 aliphatic carbocycles. The molecule has 0 radical (unpaired) electrons. The number of ether oxygens (including phenoxy) is 1. The summed E-state index contributed by atoms with van der Waals surface area (Å²) in [5.41, 5.74) is 0. The van der Waals surface area contributed by atoms with Crippen molar-refractivity contribution < 1.29 is 13.7 Å². The first kappa shape index (κ1) is 13.5. The van der Waals surface area contributed by atoms with Gasteiger partial charge in [0.2, 0.25) is 5.89 Å². The highest BCUT2D eigenvalue weighted by molar-refractivity contribution is 7.98. The average Bonchev–Trinajstić information content (AvgIpc) is 2.97. The number of aromatic nitrogens is 2. The van der Waals surface area contributed by atoms with Crippen molar-refractivity contribution in [3.05, 3.63) is 41.8 Å². The molecule has 1 fully saturated rings. The molecule has 20 heavy (non-hydrogen) atoms. The van der Waals surface area contributed by atoms with Crippen molar-refractivity contribution in [1.29, 1.82) is 0 Å². The van der Waals surface area contributed by atoms with Crippen LogP contribution >= 0.6 is 11.8 Å². The molecule has 0 amide bonds. The molecule has 1 aliphatic heterocycles. The maximum atomic E-state index is 12.8. The zero-order valence-electron chi connectivity index (χ0n) is 10.7. The summed E-state index contributed by atoms with van der Waals surface area (Å²) < 4.78 is 23.4. The molecule has 7 heteroatoms. The zero-order valence-corrected chi connectivity index (χ0v) is 11.5. The Bertz CT molecular complexity index is 555. The first-order valence-electron chi connectivity index (χ1n) is 6.33. The molecule has 1 saturated heterocycles. The number of nitrogens with zero attached hydrogens (tertiary/aromatic N) is 2. The monoisotopic (exact) mass is 295 g/mol. The number of benzene rings is 1. The topological polar surface area (TPSA) is 60.2 Å². The average molecular weight is 295 g/mol. The van der Waals surface area contributed by atoms with E-state index in [9.17, 15) is 4.39 Å². The molecule has 0 bridgehead atoms. The molecular formula is C13H14FN3O2S. The van der Waals surface area contributed by atoms with Crippen LogP contribution in [0.15, 0.2) is 33.7 Å². The van der Waals surface area contributed by atoms with E-state index in [0.29, 0.717) is 30.7 Å². The van der Waals surface area contributed by atoms with E-state index in [1.54, 1.807) is 12.1 Å². The Morgan fingerprint density at radius 1 is 1.35 bits per heavy atom. The Morgan fingerprint density at radius 2 is 2.20 bits per heavy atom. The Hall–Kier alpha value is -1.44. The van der Waals surface area contributed by atoms with E-state index in [1.807, 2.05) is 0 Å². The van der Waals surface area contributed by atoms with Crippen LogP contribution in [-0.4, -0.2) is 29.9 Å². The number of nitrogens with one attached hydrogen (secondary N) is 1. The van der Waals surface area contributed by atoms with Gasteiger partial charge < -0.3 is 14.6 Å². The normalized spacial score (nSPS) is 19.1. The molecule has 1 N–H and O–H groups in total. The Morgan fingerprint density at radius 3 is 2.95 bits per heavy atom. The maximum Gasteiger partial charge on any atom is 0.246 e. The van der Waals surface area contributed by atoms with Crippen LogP contribution in [0.4, 0.5) is 4.39 Å². The summed E-state index contributed by atoms with van der Waals surface area (Å²) in [5.74, 6) is 1.53. The van der Waals surface area contributed by atoms with Gasteiger partial charge in [-0.1, -0.05) is 5.16 Å². The van der Waals surface area contributed by atoms with Crippen molar-refractivity contribution in [1.82, 2.24) is 15.5 Å². The van der Waals surface area contributed by atoms with E-state index in [-0.39, 0.29) is 11.9 Å². The second-order valence-corrected chi connectivity index (χ2v) is 5.42. The van der Waals surface area contributed by atoms with Crippen LogP contribution in [-0.2, 0) is 10.5 Å². The molecule has 2 aromatic rings. The van der Waals surface area contributed by atoms with Crippen molar-refractivity contribution in [3.8, 4) is 0 Å². The summed E-state index contributed by atoms with van der Waals surface area (Å²) in [4.78, 5) is 5.32. The Labute approximate surface area is 119 Å². The third kappa shape index (κ3) is 3.36. The van der Waals surface area contributed by atoms with E-state index in [1.165, 1.54) is 23.9 Å². The predicted octanol–water partition coefficient (Wildman–Crippen LogP) is 2.16. The third-order valence-electron chi connectivity index (χ3n) is 2.89. The summed E-state index contributed by atoms with van der Waals surface area (Å²) in [7, 11) is 0. The van der Waals surface area contributed by atoms with Gasteiger partial charge in [-0.15, -0.1) is 11.8 Å². The van der Waals surface area contributed by atoms with E-state index in [0.717, 1.165) is 11.4 Å². The Balaban J connectivity index is 1.58. The number of hydrogen-bond acceptors (Lipinski definition) is 6. The van der Waals surface area contributed by atoms with Crippen LogP contribution in [0.3, 0.4) is 0 Å². The molecule has 1 aromatic carbocycles. The highest BCUT2D eigenvalue weighted by Crippen LogP contribution is 2.22. The van der Waals surface area contributed by atoms with E-state index in [4.69, 9.17) is 9.26 Å². The molecule has 5 nitrogen and oxygen atoms in total. The molecule has 2 heterocycles. The van der Waals surface area contributed by atoms with Crippen LogP contribution in [0.1, 0.15) is 17.8 Å². The van der Waals surface area contributed by atoms with Crippen molar-refractivity contribution >= 4 is 11.8 Å². The van der Waals surface area contributed by atoms with Gasteiger partial charge in [0, 0.05) is 11.4 Å². The summed E-state index contributed by atoms with van der Waals surface area (Å²) in [5, 5.41) is 7.21. The van der Waals surface area contributed by atoms with Crippen molar-refractivity contribution in [2.45, 2.75) is 16.7 Å².